The van der Waals surface area contributed by atoms with E-state index in [-0.39, 0.29) is 59.1 Å². The zero-order chi connectivity index (χ0) is 9.83. The van der Waals surface area contributed by atoms with Crippen LogP contribution in [0.5, 0.6) is 0 Å². The number of rotatable bonds is 5. The third-order valence-corrected chi connectivity index (χ3v) is 1.82. The molecule has 14 heavy (non-hydrogen) atoms. The van der Waals surface area contributed by atoms with E-state index in [0.29, 0.717) is 12.8 Å². The molecule has 0 bridgehead atoms. The van der Waals surface area contributed by atoms with E-state index in [4.69, 9.17) is 10.5 Å². The van der Waals surface area contributed by atoms with Crippen molar-refractivity contribution in [2.45, 2.75) is 51.7 Å². The molecule has 78 valence electrons. The van der Waals surface area contributed by atoms with Gasteiger partial charge in [-0.3, -0.25) is 10.5 Å². The molecule has 0 aromatic rings. The third kappa shape index (κ3) is 10.4. The maximum absolute atomic E-state index is 8.46. The Morgan fingerprint density at radius 3 is 1.14 bits per heavy atom. The Balaban J connectivity index is -0.000000605. The van der Waals surface area contributed by atoms with Gasteiger partial charge in [0.25, 0.3) is 0 Å². The average Bonchev–Trinajstić information content (AvgIpc) is 2.02. The van der Waals surface area contributed by atoms with Gasteiger partial charge in [-0.05, 0) is 40.5 Å². The summed E-state index contributed by atoms with van der Waals surface area (Å²) in [5, 5.41) is 16.9. The Morgan fingerprint density at radius 1 is 0.786 bits per heavy atom. The van der Waals surface area contributed by atoms with Crippen LogP contribution in [-0.2, 0) is 9.78 Å². The molecule has 0 aliphatic rings. The molecule has 0 fully saturated rings. The van der Waals surface area contributed by atoms with Crippen molar-refractivity contribution in [1.29, 1.82) is 0 Å². The van der Waals surface area contributed by atoms with E-state index in [1.807, 2.05) is 0 Å². The Hall–Kier alpha value is 1.84. The van der Waals surface area contributed by atoms with Gasteiger partial charge in [-0.25, -0.2) is 9.78 Å². The molecule has 0 atom stereocenters. The van der Waals surface area contributed by atoms with Crippen LogP contribution in [0.4, 0.5) is 0 Å². The first-order valence-electron chi connectivity index (χ1n) is 3.98. The van der Waals surface area contributed by atoms with Gasteiger partial charge in [0.2, 0.25) is 0 Å². The van der Waals surface area contributed by atoms with E-state index in [1.54, 1.807) is 27.7 Å². The molecule has 0 aromatic heterocycles. The van der Waals surface area contributed by atoms with Crippen LogP contribution in [-0.4, -0.2) is 80.8 Å². The van der Waals surface area contributed by atoms with Crippen LogP contribution in [0.2, 0.25) is 0 Å². The predicted octanol–water partition coefficient (Wildman–Crippen LogP) is 1.01. The molecule has 0 radical (unpaired) electrons. The summed E-state index contributed by atoms with van der Waals surface area (Å²) in [4.78, 5) is 8.48. The van der Waals surface area contributed by atoms with E-state index in [0.717, 1.165) is 0 Å². The fraction of sp³-hybridized carbons (Fsp3) is 1.00. The Labute approximate surface area is 130 Å². The SMILES string of the molecule is CC(C)(CCC(C)(C)OO)OO.[NaH].[NaH]. The van der Waals surface area contributed by atoms with Crippen LogP contribution >= 0.6 is 0 Å². The summed E-state index contributed by atoms with van der Waals surface area (Å²) in [7, 11) is 0. The van der Waals surface area contributed by atoms with Gasteiger partial charge in [-0.1, -0.05) is 0 Å². The van der Waals surface area contributed by atoms with Crippen molar-refractivity contribution in [2.75, 3.05) is 0 Å². The number of hydrogen-bond donors (Lipinski definition) is 2. The van der Waals surface area contributed by atoms with Gasteiger partial charge in [0.15, 0.2) is 0 Å². The molecule has 6 heteroatoms. The summed E-state index contributed by atoms with van der Waals surface area (Å²) in [5.74, 6) is 0. The van der Waals surface area contributed by atoms with Crippen molar-refractivity contribution < 1.29 is 20.3 Å². The standard InChI is InChI=1S/C8H18O4.2Na.2H/c1-7(2,11-9)5-6-8(3,4)12-10;;;;/h9-10H,5-6H2,1-4H3;;;;. The topological polar surface area (TPSA) is 58.9 Å². The molecule has 0 heterocycles. The first-order chi connectivity index (χ1) is 5.33. The molecule has 0 aliphatic heterocycles. The monoisotopic (exact) mass is 226 g/mol. The normalized spacial score (nSPS) is 11.6. The van der Waals surface area contributed by atoms with E-state index in [1.165, 1.54) is 0 Å². The second-order valence-electron chi connectivity index (χ2n) is 4.20. The molecule has 0 aromatic carbocycles. The molecular formula is C8H20Na2O4. The quantitative estimate of drug-likeness (QED) is 0.417. The van der Waals surface area contributed by atoms with E-state index >= 15 is 0 Å². The second kappa shape index (κ2) is 8.93. The van der Waals surface area contributed by atoms with Crippen LogP contribution in [0, 0.1) is 0 Å². The zero-order valence-electron chi connectivity index (χ0n) is 8.13. The molecule has 0 rings (SSSR count). The summed E-state index contributed by atoms with van der Waals surface area (Å²) < 4.78 is 0. The Kier molecular flexibility index (Phi) is 13.5. The van der Waals surface area contributed by atoms with Crippen molar-refractivity contribution in [1.82, 2.24) is 0 Å². The van der Waals surface area contributed by atoms with Crippen molar-refractivity contribution in [3.63, 3.8) is 0 Å². The molecule has 0 amide bonds. The molecule has 4 nitrogen and oxygen atoms in total. The number of hydrogen-bond acceptors (Lipinski definition) is 4. The summed E-state index contributed by atoms with van der Waals surface area (Å²) in [6, 6.07) is 0. The van der Waals surface area contributed by atoms with Gasteiger partial charge in [0, 0.05) is 0 Å². The zero-order valence-corrected chi connectivity index (χ0v) is 8.13. The van der Waals surface area contributed by atoms with Crippen molar-refractivity contribution in [3.8, 4) is 0 Å². The molecule has 0 saturated heterocycles. The van der Waals surface area contributed by atoms with Gasteiger partial charge in [0.1, 0.15) is 0 Å². The fourth-order valence-corrected chi connectivity index (χ4v) is 0.693. The van der Waals surface area contributed by atoms with Crippen LogP contribution in [0.25, 0.3) is 0 Å². The van der Waals surface area contributed by atoms with Crippen molar-refractivity contribution >= 4 is 59.1 Å². The van der Waals surface area contributed by atoms with Crippen LogP contribution < -0.4 is 0 Å². The van der Waals surface area contributed by atoms with Crippen LogP contribution in [0.1, 0.15) is 40.5 Å². The van der Waals surface area contributed by atoms with Crippen molar-refractivity contribution in [2.24, 2.45) is 0 Å². The summed E-state index contributed by atoms with van der Waals surface area (Å²) >= 11 is 0. The molecule has 0 spiro atoms. The molecule has 2 N–H and O–H groups in total. The average molecular weight is 226 g/mol. The van der Waals surface area contributed by atoms with Gasteiger partial charge >= 0.3 is 59.1 Å². The van der Waals surface area contributed by atoms with Crippen LogP contribution in [0.15, 0.2) is 0 Å². The van der Waals surface area contributed by atoms with Crippen molar-refractivity contribution in [3.05, 3.63) is 0 Å². The maximum atomic E-state index is 8.46. The molecule has 0 aliphatic carbocycles. The van der Waals surface area contributed by atoms with Gasteiger partial charge in [0.05, 0.1) is 11.2 Å². The molecule has 0 unspecified atom stereocenters. The minimum absolute atomic E-state index is 0. The second-order valence-corrected chi connectivity index (χ2v) is 4.20. The summed E-state index contributed by atoms with van der Waals surface area (Å²) in [5.41, 5.74) is -1.17. The van der Waals surface area contributed by atoms with Gasteiger partial charge < -0.3 is 0 Å². The van der Waals surface area contributed by atoms with Crippen LogP contribution in [0.3, 0.4) is 0 Å². The Bertz CT molecular complexity index is 123. The van der Waals surface area contributed by atoms with E-state index in [2.05, 4.69) is 9.78 Å². The van der Waals surface area contributed by atoms with E-state index in [9.17, 15) is 0 Å². The molecular weight excluding hydrogens is 206 g/mol. The first kappa shape index (κ1) is 21.2. The summed E-state index contributed by atoms with van der Waals surface area (Å²) in [6.45, 7) is 7.06. The first-order valence-corrected chi connectivity index (χ1v) is 3.98. The molecule has 0 saturated carbocycles. The fourth-order valence-electron chi connectivity index (χ4n) is 0.693. The minimum atomic E-state index is -0.587. The van der Waals surface area contributed by atoms with E-state index < -0.39 is 11.2 Å². The summed E-state index contributed by atoms with van der Waals surface area (Å²) in [6.07, 6.45) is 1.22. The third-order valence-electron chi connectivity index (χ3n) is 1.82. The Morgan fingerprint density at radius 2 is 1.00 bits per heavy atom. The van der Waals surface area contributed by atoms with Gasteiger partial charge in [-0.15, -0.1) is 0 Å². The van der Waals surface area contributed by atoms with Gasteiger partial charge in [-0.2, -0.15) is 0 Å². The predicted molar refractivity (Wildman–Crippen MR) is 59.1 cm³/mol.